The second kappa shape index (κ2) is 9.65. The van der Waals surface area contributed by atoms with Gasteiger partial charge in [-0.3, -0.25) is 4.90 Å². The van der Waals surface area contributed by atoms with Crippen LogP contribution in [0.5, 0.6) is 0 Å². The van der Waals surface area contributed by atoms with Gasteiger partial charge in [0.05, 0.1) is 31.8 Å². The normalized spacial score (nSPS) is 20.9. The van der Waals surface area contributed by atoms with Gasteiger partial charge < -0.3 is 24.7 Å². The number of amides is 2. The molecule has 3 aromatic rings. The Hall–Kier alpha value is -2.79. The molecule has 0 bridgehead atoms. The first-order valence-electron chi connectivity index (χ1n) is 13.2. The van der Waals surface area contributed by atoms with E-state index in [0.29, 0.717) is 28.5 Å². The number of fused-ring (bicyclic) bond motifs is 3. The third-order valence-corrected chi connectivity index (χ3v) is 8.26. The number of hydrogen-bond acceptors (Lipinski definition) is 6. The molecule has 2 N–H and O–H groups in total. The minimum atomic E-state index is -0.722. The molecule has 3 heterocycles. The Labute approximate surface area is 245 Å². The van der Waals surface area contributed by atoms with E-state index in [1.54, 1.807) is 27.0 Å². The largest absolute Gasteiger partial charge is 0.444 e. The van der Waals surface area contributed by atoms with E-state index in [-0.39, 0.29) is 22.2 Å². The van der Waals surface area contributed by atoms with E-state index in [1.807, 2.05) is 20.8 Å². The van der Waals surface area contributed by atoms with Gasteiger partial charge in [-0.1, -0.05) is 11.6 Å². The highest BCUT2D eigenvalue weighted by atomic mass is 79.9. The fourth-order valence-electron chi connectivity index (χ4n) is 5.44. The molecular weight excluding hydrogens is 605 g/mol. The maximum Gasteiger partial charge on any atom is 0.414 e. The van der Waals surface area contributed by atoms with Crippen LogP contribution in [0.4, 0.5) is 25.4 Å². The van der Waals surface area contributed by atoms with Gasteiger partial charge in [0.2, 0.25) is 0 Å². The maximum absolute atomic E-state index is 15.3. The number of aromatic nitrogens is 2. The van der Waals surface area contributed by atoms with Crippen LogP contribution in [0.1, 0.15) is 54.4 Å². The molecule has 40 heavy (non-hydrogen) atoms. The number of aromatic amines is 1. The molecule has 1 spiro atoms. The Morgan fingerprint density at radius 1 is 1.23 bits per heavy atom. The van der Waals surface area contributed by atoms with Gasteiger partial charge in [-0.2, -0.15) is 0 Å². The number of benzene rings is 1. The molecular formula is C28H34BrClFN5O4. The van der Waals surface area contributed by atoms with Gasteiger partial charge in [-0.25, -0.2) is 19.0 Å². The fraction of sp³-hybridized carbons (Fsp3) is 0.536. The van der Waals surface area contributed by atoms with Gasteiger partial charge in [0, 0.05) is 49.2 Å². The first-order chi connectivity index (χ1) is 18.5. The van der Waals surface area contributed by atoms with Crippen molar-refractivity contribution in [2.24, 2.45) is 5.41 Å². The summed E-state index contributed by atoms with van der Waals surface area (Å²) in [5.74, 6) is -0.659. The summed E-state index contributed by atoms with van der Waals surface area (Å²) in [7, 11) is 1.53. The molecule has 0 radical (unpaired) electrons. The number of ether oxygens (including phenoxy) is 2. The second-order valence-corrected chi connectivity index (χ2v) is 14.0. The third-order valence-electron chi connectivity index (χ3n) is 7.31. The molecule has 12 heteroatoms. The summed E-state index contributed by atoms with van der Waals surface area (Å²) < 4.78 is 27.0. The number of rotatable bonds is 3. The Morgan fingerprint density at radius 2 is 1.90 bits per heavy atom. The van der Waals surface area contributed by atoms with Crippen LogP contribution in [-0.4, -0.2) is 59.5 Å². The zero-order chi connectivity index (χ0) is 29.4. The van der Waals surface area contributed by atoms with Crippen molar-refractivity contribution in [2.45, 2.75) is 71.6 Å². The molecule has 2 atom stereocenters. The minimum Gasteiger partial charge on any atom is -0.444 e. The molecule has 9 nitrogen and oxygen atoms in total. The molecule has 216 valence electrons. The summed E-state index contributed by atoms with van der Waals surface area (Å²) in [5.41, 5.74) is 0.741. The standard InChI is InChI=1S/C28H34BrClFN5O4/c1-26(2,3)39-24(37)33-17-11-28(17)8-9-36(13-28)22-14(29)12-32-23-19(22)18-20(30)15(31)10-16(21(18)34-23)35(7)25(38)40-27(4,5)6/h10,12,17H,8-9,11,13H2,1-7H3,(H,32,34)(H,33,37)/t17-,28-/m1/s1. The Morgan fingerprint density at radius 3 is 2.55 bits per heavy atom. The van der Waals surface area contributed by atoms with Crippen molar-refractivity contribution in [2.75, 3.05) is 29.9 Å². The molecule has 1 aromatic carbocycles. The van der Waals surface area contributed by atoms with Crippen LogP contribution >= 0.6 is 27.5 Å². The van der Waals surface area contributed by atoms with Crippen LogP contribution in [0.25, 0.3) is 21.9 Å². The van der Waals surface area contributed by atoms with E-state index in [1.165, 1.54) is 18.0 Å². The van der Waals surface area contributed by atoms with Crippen molar-refractivity contribution in [3.05, 3.63) is 27.6 Å². The summed E-state index contributed by atoms with van der Waals surface area (Å²) in [6, 6.07) is 1.24. The molecule has 1 saturated heterocycles. The number of halogens is 3. The van der Waals surface area contributed by atoms with Gasteiger partial charge in [-0.15, -0.1) is 0 Å². The average Bonchev–Trinajstić information content (AvgIpc) is 3.13. The Balaban J connectivity index is 1.52. The van der Waals surface area contributed by atoms with Crippen molar-refractivity contribution in [1.82, 2.24) is 15.3 Å². The van der Waals surface area contributed by atoms with Crippen molar-refractivity contribution in [3.63, 3.8) is 0 Å². The fourth-order valence-corrected chi connectivity index (χ4v) is 6.24. The number of pyridine rings is 1. The van der Waals surface area contributed by atoms with E-state index < -0.39 is 29.2 Å². The van der Waals surface area contributed by atoms with Crippen molar-refractivity contribution in [3.8, 4) is 0 Å². The summed E-state index contributed by atoms with van der Waals surface area (Å²) in [6.07, 6.45) is 2.38. The lowest BCUT2D eigenvalue weighted by Gasteiger charge is -2.25. The molecule has 1 aliphatic carbocycles. The van der Waals surface area contributed by atoms with Crippen LogP contribution < -0.4 is 15.1 Å². The molecule has 2 amide bonds. The highest BCUT2D eigenvalue weighted by Gasteiger charge is 2.58. The number of anilines is 2. The summed E-state index contributed by atoms with van der Waals surface area (Å²) >= 11 is 10.3. The third kappa shape index (κ3) is 5.30. The molecule has 2 aliphatic rings. The first-order valence-corrected chi connectivity index (χ1v) is 14.4. The number of H-pyrrole nitrogens is 1. The average molecular weight is 639 g/mol. The number of carbonyl (C=O) groups is 2. The topological polar surface area (TPSA) is 99.8 Å². The zero-order valence-electron chi connectivity index (χ0n) is 23.7. The molecule has 5 rings (SSSR count). The summed E-state index contributed by atoms with van der Waals surface area (Å²) in [6.45, 7) is 12.2. The summed E-state index contributed by atoms with van der Waals surface area (Å²) in [5, 5.41) is 4.05. The van der Waals surface area contributed by atoms with E-state index in [9.17, 15) is 9.59 Å². The quantitative estimate of drug-likeness (QED) is 0.317. The zero-order valence-corrected chi connectivity index (χ0v) is 26.0. The predicted octanol–water partition coefficient (Wildman–Crippen LogP) is 7.14. The number of hydrogen-bond donors (Lipinski definition) is 2. The van der Waals surface area contributed by atoms with Gasteiger partial charge in [0.25, 0.3) is 0 Å². The van der Waals surface area contributed by atoms with Crippen LogP contribution in [0.2, 0.25) is 5.02 Å². The Bertz CT molecular complexity index is 1530. The first kappa shape index (κ1) is 28.7. The van der Waals surface area contributed by atoms with Gasteiger partial charge in [0.15, 0.2) is 0 Å². The Kier molecular flexibility index (Phi) is 6.93. The smallest absolute Gasteiger partial charge is 0.414 e. The molecule has 2 fully saturated rings. The molecule has 1 saturated carbocycles. The SMILES string of the molecule is CN(C(=O)OC(C)(C)C)c1cc(F)c(Cl)c2c1[nH]c1ncc(Br)c(N3CC[C@@]4(C[C@H]4NC(=O)OC(C)(C)C)C3)c12. The van der Waals surface area contributed by atoms with Crippen LogP contribution in [-0.2, 0) is 9.47 Å². The minimum absolute atomic E-state index is 0.0153. The number of carbonyl (C=O) groups excluding carboxylic acids is 2. The van der Waals surface area contributed by atoms with Gasteiger partial charge in [-0.05, 0) is 70.3 Å². The maximum atomic E-state index is 15.3. The van der Waals surface area contributed by atoms with E-state index >= 15 is 4.39 Å². The highest BCUT2D eigenvalue weighted by molar-refractivity contribution is 9.10. The number of nitrogens with one attached hydrogen (secondary N) is 2. The van der Waals surface area contributed by atoms with Crippen molar-refractivity contribution >= 4 is 73.0 Å². The highest BCUT2D eigenvalue weighted by Crippen LogP contribution is 2.55. The van der Waals surface area contributed by atoms with Crippen LogP contribution in [0.3, 0.4) is 0 Å². The number of nitrogens with zero attached hydrogens (tertiary/aromatic N) is 3. The molecule has 1 aliphatic heterocycles. The van der Waals surface area contributed by atoms with E-state index in [0.717, 1.165) is 29.5 Å². The monoisotopic (exact) mass is 637 g/mol. The molecule has 2 aromatic heterocycles. The van der Waals surface area contributed by atoms with Crippen molar-refractivity contribution < 1.29 is 23.5 Å². The summed E-state index contributed by atoms with van der Waals surface area (Å²) in [4.78, 5) is 36.5. The van der Waals surface area contributed by atoms with Crippen LogP contribution in [0.15, 0.2) is 16.7 Å². The van der Waals surface area contributed by atoms with Gasteiger partial charge in [0.1, 0.15) is 22.7 Å². The van der Waals surface area contributed by atoms with E-state index in [4.69, 9.17) is 21.1 Å². The lowest BCUT2D eigenvalue weighted by Crippen LogP contribution is -2.36. The predicted molar refractivity (Wildman–Crippen MR) is 158 cm³/mol. The number of alkyl carbamates (subject to hydrolysis) is 1. The second-order valence-electron chi connectivity index (χ2n) is 12.7. The van der Waals surface area contributed by atoms with Gasteiger partial charge >= 0.3 is 12.2 Å². The lowest BCUT2D eigenvalue weighted by atomic mass is 10.1. The van der Waals surface area contributed by atoms with Crippen LogP contribution in [0, 0.1) is 11.2 Å². The molecule has 0 unspecified atom stereocenters. The van der Waals surface area contributed by atoms with E-state index in [2.05, 4.69) is 36.1 Å². The van der Waals surface area contributed by atoms with Crippen molar-refractivity contribution in [1.29, 1.82) is 0 Å². The lowest BCUT2D eigenvalue weighted by molar-refractivity contribution is 0.0515.